The second-order valence-electron chi connectivity index (χ2n) is 6.47. The van der Waals surface area contributed by atoms with Crippen LogP contribution in [-0.4, -0.2) is 23.8 Å². The van der Waals surface area contributed by atoms with Crippen LogP contribution < -0.4 is 19.7 Å². The molecule has 134 valence electrons. The highest BCUT2D eigenvalue weighted by Crippen LogP contribution is 2.47. The largest absolute Gasteiger partial charge is 0.495 e. The summed E-state index contributed by atoms with van der Waals surface area (Å²) in [4.78, 5) is 25.0. The van der Waals surface area contributed by atoms with Gasteiger partial charge < -0.3 is 14.8 Å². The number of nitro groups is 1. The number of hydrogen-bond donors (Lipinski definition) is 1. The number of amides is 2. The van der Waals surface area contributed by atoms with Gasteiger partial charge in [0.2, 0.25) is 0 Å². The molecular formula is C18H17N3O5. The first-order chi connectivity index (χ1) is 12.4. The number of nitrogens with zero attached hydrogens (tertiary/aromatic N) is 2. The summed E-state index contributed by atoms with van der Waals surface area (Å²) < 4.78 is 11.5. The van der Waals surface area contributed by atoms with E-state index in [1.165, 1.54) is 17.0 Å². The minimum Gasteiger partial charge on any atom is -0.495 e. The number of hydrogen-bond acceptors (Lipinski definition) is 5. The minimum absolute atomic E-state index is 0.0302. The first-order valence-corrected chi connectivity index (χ1v) is 8.14. The number of benzene rings is 2. The normalized spacial score (nSPS) is 23.5. The van der Waals surface area contributed by atoms with Gasteiger partial charge in [-0.1, -0.05) is 12.1 Å². The highest BCUT2D eigenvalue weighted by molar-refractivity contribution is 5.96. The number of urea groups is 1. The number of ether oxygens (including phenoxy) is 2. The van der Waals surface area contributed by atoms with Gasteiger partial charge in [-0.15, -0.1) is 0 Å². The molecule has 1 fully saturated rings. The van der Waals surface area contributed by atoms with E-state index in [2.05, 4.69) is 5.32 Å². The topological polar surface area (TPSA) is 93.9 Å². The first-order valence-electron chi connectivity index (χ1n) is 8.14. The van der Waals surface area contributed by atoms with Crippen LogP contribution in [0.2, 0.25) is 0 Å². The fourth-order valence-corrected chi connectivity index (χ4v) is 3.65. The second-order valence-corrected chi connectivity index (χ2v) is 6.47. The standard InChI is InChI=1S/C18H17N3O5/c1-18-10-13(12-9-11(21(23)24)7-8-15(12)26-18)19-17(22)20(18)14-5-3-4-6-16(14)25-2/h3-9,13H,10H2,1-2H3,(H,19,22)/t13-,18-/m1/s1. The Morgan fingerprint density at radius 1 is 1.35 bits per heavy atom. The lowest BCUT2D eigenvalue weighted by Crippen LogP contribution is -2.65. The minimum atomic E-state index is -0.940. The Hall–Kier alpha value is -3.29. The van der Waals surface area contributed by atoms with Crippen LogP contribution in [0.1, 0.15) is 24.9 Å². The van der Waals surface area contributed by atoms with Crippen LogP contribution in [0.4, 0.5) is 16.2 Å². The van der Waals surface area contributed by atoms with Crippen molar-refractivity contribution < 1.29 is 19.2 Å². The molecule has 0 spiro atoms. The van der Waals surface area contributed by atoms with Gasteiger partial charge >= 0.3 is 6.03 Å². The van der Waals surface area contributed by atoms with Gasteiger partial charge in [-0.2, -0.15) is 0 Å². The Morgan fingerprint density at radius 3 is 2.85 bits per heavy atom. The maximum absolute atomic E-state index is 12.9. The SMILES string of the molecule is COc1ccccc1N1C(=O)N[C@@H]2C[C@@]1(C)Oc1ccc([N+](=O)[O-])cc12. The van der Waals surface area contributed by atoms with Crippen molar-refractivity contribution >= 4 is 17.4 Å². The van der Waals surface area contributed by atoms with E-state index in [4.69, 9.17) is 9.47 Å². The summed E-state index contributed by atoms with van der Waals surface area (Å²) >= 11 is 0. The first kappa shape index (κ1) is 16.2. The van der Waals surface area contributed by atoms with E-state index >= 15 is 0 Å². The van der Waals surface area contributed by atoms with E-state index in [9.17, 15) is 14.9 Å². The lowest BCUT2D eigenvalue weighted by molar-refractivity contribution is -0.385. The van der Waals surface area contributed by atoms with Crippen LogP contribution in [0.3, 0.4) is 0 Å². The predicted octanol–water partition coefficient (Wildman–Crippen LogP) is 3.37. The summed E-state index contributed by atoms with van der Waals surface area (Å²) in [5.41, 5.74) is 0.242. The molecule has 8 nitrogen and oxygen atoms in total. The Balaban J connectivity index is 1.80. The third-order valence-electron chi connectivity index (χ3n) is 4.79. The molecule has 4 rings (SSSR count). The fraction of sp³-hybridized carbons (Fsp3) is 0.278. The van der Waals surface area contributed by atoms with Crippen LogP contribution in [-0.2, 0) is 0 Å². The van der Waals surface area contributed by atoms with Gasteiger partial charge in [0.15, 0.2) is 5.72 Å². The number of nitrogens with one attached hydrogen (secondary N) is 1. The number of carbonyl (C=O) groups is 1. The van der Waals surface area contributed by atoms with Crippen molar-refractivity contribution in [3.8, 4) is 11.5 Å². The van der Waals surface area contributed by atoms with E-state index in [1.54, 1.807) is 25.3 Å². The summed E-state index contributed by atoms with van der Waals surface area (Å²) in [6, 6.07) is 10.9. The number of anilines is 1. The molecular weight excluding hydrogens is 338 g/mol. The van der Waals surface area contributed by atoms with Gasteiger partial charge in [-0.25, -0.2) is 4.79 Å². The van der Waals surface area contributed by atoms with Crippen molar-refractivity contribution in [2.45, 2.75) is 25.1 Å². The summed E-state index contributed by atoms with van der Waals surface area (Å²) in [7, 11) is 1.54. The zero-order valence-corrected chi connectivity index (χ0v) is 14.3. The Labute approximate surface area is 149 Å². The number of para-hydroxylation sites is 2. The van der Waals surface area contributed by atoms with E-state index < -0.39 is 10.6 Å². The Morgan fingerprint density at radius 2 is 2.12 bits per heavy atom. The molecule has 2 aromatic rings. The molecule has 0 unspecified atom stereocenters. The van der Waals surface area contributed by atoms with Crippen LogP contribution in [0.15, 0.2) is 42.5 Å². The lowest BCUT2D eigenvalue weighted by Gasteiger charge is -2.50. The smallest absolute Gasteiger partial charge is 0.325 e. The average molecular weight is 355 g/mol. The van der Waals surface area contributed by atoms with Crippen molar-refractivity contribution in [1.82, 2.24) is 5.32 Å². The molecule has 0 aliphatic carbocycles. The van der Waals surface area contributed by atoms with Gasteiger partial charge in [-0.05, 0) is 25.1 Å². The highest BCUT2D eigenvalue weighted by atomic mass is 16.6. The highest BCUT2D eigenvalue weighted by Gasteiger charge is 2.50. The molecule has 2 aliphatic heterocycles. The molecule has 1 saturated heterocycles. The molecule has 1 N–H and O–H groups in total. The monoisotopic (exact) mass is 355 g/mol. The van der Waals surface area contributed by atoms with Gasteiger partial charge in [0, 0.05) is 24.1 Å². The molecule has 2 heterocycles. The van der Waals surface area contributed by atoms with E-state index in [-0.39, 0.29) is 17.8 Å². The number of carbonyl (C=O) groups excluding carboxylic acids is 1. The fourth-order valence-electron chi connectivity index (χ4n) is 3.65. The average Bonchev–Trinajstić information content (AvgIpc) is 2.61. The van der Waals surface area contributed by atoms with Crippen molar-refractivity contribution in [3.05, 3.63) is 58.1 Å². The summed E-state index contributed by atoms with van der Waals surface area (Å²) in [5, 5.41) is 14.0. The Bertz CT molecular complexity index is 915. The zero-order valence-electron chi connectivity index (χ0n) is 14.3. The van der Waals surface area contributed by atoms with E-state index in [0.29, 0.717) is 29.2 Å². The quantitative estimate of drug-likeness (QED) is 0.673. The maximum Gasteiger partial charge on any atom is 0.325 e. The number of rotatable bonds is 3. The molecule has 2 amide bonds. The molecule has 2 bridgehead atoms. The predicted molar refractivity (Wildman–Crippen MR) is 93.5 cm³/mol. The van der Waals surface area contributed by atoms with Crippen LogP contribution in [0.25, 0.3) is 0 Å². The number of methoxy groups -OCH3 is 1. The zero-order chi connectivity index (χ0) is 18.5. The summed E-state index contributed by atoms with van der Waals surface area (Å²) in [6.07, 6.45) is 0.449. The summed E-state index contributed by atoms with van der Waals surface area (Å²) in [5.74, 6) is 1.08. The number of non-ortho nitro benzene ring substituents is 1. The lowest BCUT2D eigenvalue weighted by atomic mass is 9.90. The van der Waals surface area contributed by atoms with Crippen molar-refractivity contribution in [2.75, 3.05) is 12.0 Å². The van der Waals surface area contributed by atoms with Crippen LogP contribution in [0.5, 0.6) is 11.5 Å². The van der Waals surface area contributed by atoms with Crippen LogP contribution in [0, 0.1) is 10.1 Å². The molecule has 8 heteroatoms. The molecule has 0 saturated carbocycles. The van der Waals surface area contributed by atoms with Crippen molar-refractivity contribution in [1.29, 1.82) is 0 Å². The van der Waals surface area contributed by atoms with Crippen molar-refractivity contribution in [2.24, 2.45) is 0 Å². The molecule has 2 aromatic carbocycles. The number of fused-ring (bicyclic) bond motifs is 4. The summed E-state index contributed by atoms with van der Waals surface area (Å²) in [6.45, 7) is 1.83. The maximum atomic E-state index is 12.9. The van der Waals surface area contributed by atoms with Gasteiger partial charge in [0.25, 0.3) is 5.69 Å². The van der Waals surface area contributed by atoms with E-state index in [1.807, 2.05) is 19.1 Å². The Kier molecular flexibility index (Phi) is 3.50. The molecule has 0 radical (unpaired) electrons. The molecule has 0 aromatic heterocycles. The van der Waals surface area contributed by atoms with Gasteiger partial charge in [0.05, 0.1) is 23.8 Å². The van der Waals surface area contributed by atoms with Crippen molar-refractivity contribution in [3.63, 3.8) is 0 Å². The van der Waals surface area contributed by atoms with Gasteiger partial charge in [-0.3, -0.25) is 15.0 Å². The molecule has 2 atom stereocenters. The third kappa shape index (κ3) is 2.33. The second kappa shape index (κ2) is 5.62. The molecule has 26 heavy (non-hydrogen) atoms. The third-order valence-corrected chi connectivity index (χ3v) is 4.79. The molecule has 2 aliphatic rings. The number of nitro benzene ring substituents is 1. The van der Waals surface area contributed by atoms with Gasteiger partial charge in [0.1, 0.15) is 11.5 Å². The van der Waals surface area contributed by atoms with Crippen LogP contribution >= 0.6 is 0 Å². The van der Waals surface area contributed by atoms with E-state index in [0.717, 1.165) is 0 Å².